The molecule has 0 saturated heterocycles. The molecule has 4 nitrogen and oxygen atoms in total. The Bertz CT molecular complexity index is 448. The van der Waals surface area contributed by atoms with Gasteiger partial charge in [-0.15, -0.1) is 11.3 Å². The molecule has 0 radical (unpaired) electrons. The minimum absolute atomic E-state index is 0.453. The third-order valence-corrected chi connectivity index (χ3v) is 5.91. The SMILES string of the molecule is CCCN(CCC)S(=O)(=O)c1cc(CNC)cs1. The summed E-state index contributed by atoms with van der Waals surface area (Å²) in [7, 11) is -1.45. The van der Waals surface area contributed by atoms with Crippen molar-refractivity contribution in [3.63, 3.8) is 0 Å². The topological polar surface area (TPSA) is 49.4 Å². The van der Waals surface area contributed by atoms with Gasteiger partial charge in [0.2, 0.25) is 0 Å². The number of hydrogen-bond acceptors (Lipinski definition) is 4. The van der Waals surface area contributed by atoms with E-state index in [2.05, 4.69) is 5.32 Å². The molecule has 6 heteroatoms. The number of thiophene rings is 1. The second-order valence-corrected chi connectivity index (χ2v) is 7.28. The van der Waals surface area contributed by atoms with Crippen LogP contribution < -0.4 is 5.32 Å². The van der Waals surface area contributed by atoms with E-state index in [0.717, 1.165) is 18.4 Å². The summed E-state index contributed by atoms with van der Waals surface area (Å²) in [6.07, 6.45) is 1.68. The molecule has 0 amide bonds. The number of rotatable bonds is 8. The van der Waals surface area contributed by atoms with Gasteiger partial charge in [0.05, 0.1) is 0 Å². The molecular weight excluding hydrogens is 268 g/mol. The standard InChI is InChI=1S/C12H22N2O2S2/c1-4-6-14(7-5-2)18(15,16)12-8-11(9-13-3)10-17-12/h8,10,13H,4-7,9H2,1-3H3. The first-order chi connectivity index (χ1) is 8.56. The molecule has 1 N–H and O–H groups in total. The number of nitrogens with zero attached hydrogens (tertiary/aromatic N) is 1. The average molecular weight is 290 g/mol. The van der Waals surface area contributed by atoms with Crippen LogP contribution in [0.4, 0.5) is 0 Å². The fourth-order valence-electron chi connectivity index (χ4n) is 1.76. The highest BCUT2D eigenvalue weighted by molar-refractivity contribution is 7.91. The van der Waals surface area contributed by atoms with Crippen LogP contribution in [-0.4, -0.2) is 32.9 Å². The maximum Gasteiger partial charge on any atom is 0.252 e. The van der Waals surface area contributed by atoms with E-state index in [9.17, 15) is 8.42 Å². The van der Waals surface area contributed by atoms with Gasteiger partial charge in [-0.1, -0.05) is 13.8 Å². The van der Waals surface area contributed by atoms with Gasteiger partial charge < -0.3 is 5.32 Å². The van der Waals surface area contributed by atoms with Gasteiger partial charge in [-0.2, -0.15) is 4.31 Å². The highest BCUT2D eigenvalue weighted by Gasteiger charge is 2.24. The highest BCUT2D eigenvalue weighted by Crippen LogP contribution is 2.24. The van der Waals surface area contributed by atoms with Crippen LogP contribution in [0.1, 0.15) is 32.3 Å². The zero-order chi connectivity index (χ0) is 13.6. The monoisotopic (exact) mass is 290 g/mol. The summed E-state index contributed by atoms with van der Waals surface area (Å²) in [5.41, 5.74) is 1.02. The van der Waals surface area contributed by atoms with Crippen LogP contribution in [0, 0.1) is 0 Å². The lowest BCUT2D eigenvalue weighted by molar-refractivity contribution is 0.411. The zero-order valence-electron chi connectivity index (χ0n) is 11.3. The van der Waals surface area contributed by atoms with Crippen molar-refractivity contribution in [1.82, 2.24) is 9.62 Å². The summed E-state index contributed by atoms with van der Waals surface area (Å²) >= 11 is 1.31. The molecule has 1 heterocycles. The summed E-state index contributed by atoms with van der Waals surface area (Å²) < 4.78 is 26.9. The molecule has 0 atom stereocenters. The lowest BCUT2D eigenvalue weighted by Crippen LogP contribution is -2.32. The highest BCUT2D eigenvalue weighted by atomic mass is 32.2. The van der Waals surface area contributed by atoms with Crippen LogP contribution in [-0.2, 0) is 16.6 Å². The minimum Gasteiger partial charge on any atom is -0.316 e. The third kappa shape index (κ3) is 3.78. The van der Waals surface area contributed by atoms with Gasteiger partial charge in [-0.25, -0.2) is 8.42 Å². The van der Waals surface area contributed by atoms with E-state index in [1.807, 2.05) is 26.3 Å². The molecule has 104 valence electrons. The first-order valence-electron chi connectivity index (χ1n) is 6.28. The van der Waals surface area contributed by atoms with Crippen LogP contribution in [0.5, 0.6) is 0 Å². The Labute approximate surface area is 114 Å². The van der Waals surface area contributed by atoms with E-state index in [0.29, 0.717) is 23.8 Å². The molecule has 1 rings (SSSR count). The number of hydrogen-bond donors (Lipinski definition) is 1. The predicted molar refractivity (Wildman–Crippen MR) is 76.4 cm³/mol. The normalized spacial score (nSPS) is 12.2. The Morgan fingerprint density at radius 2 is 1.89 bits per heavy atom. The van der Waals surface area contributed by atoms with Gasteiger partial charge in [-0.3, -0.25) is 0 Å². The van der Waals surface area contributed by atoms with E-state index in [-0.39, 0.29) is 0 Å². The van der Waals surface area contributed by atoms with E-state index >= 15 is 0 Å². The first-order valence-corrected chi connectivity index (χ1v) is 8.60. The Morgan fingerprint density at radius 1 is 1.28 bits per heavy atom. The second-order valence-electron chi connectivity index (χ2n) is 4.21. The smallest absolute Gasteiger partial charge is 0.252 e. The quantitative estimate of drug-likeness (QED) is 0.799. The first kappa shape index (κ1) is 15.6. The van der Waals surface area contributed by atoms with Gasteiger partial charge in [0, 0.05) is 19.6 Å². The van der Waals surface area contributed by atoms with Gasteiger partial charge in [0.1, 0.15) is 4.21 Å². The maximum atomic E-state index is 12.4. The summed E-state index contributed by atoms with van der Waals surface area (Å²) in [5, 5.41) is 4.93. The second kappa shape index (κ2) is 7.23. The van der Waals surface area contributed by atoms with Crippen molar-refractivity contribution in [2.24, 2.45) is 0 Å². The Kier molecular flexibility index (Phi) is 6.28. The molecule has 0 unspecified atom stereocenters. The molecule has 0 spiro atoms. The summed E-state index contributed by atoms with van der Waals surface area (Å²) in [4.78, 5) is 0. The molecular formula is C12H22N2O2S2. The van der Waals surface area contributed by atoms with E-state index in [4.69, 9.17) is 0 Å². The van der Waals surface area contributed by atoms with Crippen LogP contribution in [0.15, 0.2) is 15.7 Å². The van der Waals surface area contributed by atoms with Gasteiger partial charge in [0.15, 0.2) is 0 Å². The summed E-state index contributed by atoms with van der Waals surface area (Å²) in [6, 6.07) is 1.77. The molecule has 1 aromatic rings. The van der Waals surface area contributed by atoms with E-state index < -0.39 is 10.0 Å². The lowest BCUT2D eigenvalue weighted by atomic mass is 10.3. The van der Waals surface area contributed by atoms with Crippen LogP contribution in [0.3, 0.4) is 0 Å². The molecule has 0 fully saturated rings. The molecule has 18 heavy (non-hydrogen) atoms. The van der Waals surface area contributed by atoms with Crippen molar-refractivity contribution in [2.45, 2.75) is 37.4 Å². The average Bonchev–Trinajstić information content (AvgIpc) is 2.78. The van der Waals surface area contributed by atoms with Crippen molar-refractivity contribution in [3.05, 3.63) is 17.0 Å². The molecule has 1 aromatic heterocycles. The van der Waals surface area contributed by atoms with Crippen LogP contribution >= 0.6 is 11.3 Å². The number of sulfonamides is 1. The lowest BCUT2D eigenvalue weighted by Gasteiger charge is -2.19. The Hall–Kier alpha value is -0.430. The van der Waals surface area contributed by atoms with Gasteiger partial charge >= 0.3 is 0 Å². The summed E-state index contributed by atoms with van der Waals surface area (Å²) in [5.74, 6) is 0. The molecule has 0 saturated carbocycles. The third-order valence-electron chi connectivity index (χ3n) is 2.55. The molecule has 0 aliphatic carbocycles. The van der Waals surface area contributed by atoms with E-state index in [1.165, 1.54) is 11.3 Å². The molecule has 0 aliphatic heterocycles. The molecule has 0 aromatic carbocycles. The van der Waals surface area contributed by atoms with Crippen molar-refractivity contribution in [3.8, 4) is 0 Å². The van der Waals surface area contributed by atoms with Crippen molar-refractivity contribution < 1.29 is 8.42 Å². The predicted octanol–water partition coefficient (Wildman–Crippen LogP) is 2.28. The number of nitrogens with one attached hydrogen (secondary N) is 1. The van der Waals surface area contributed by atoms with Crippen LogP contribution in [0.2, 0.25) is 0 Å². The molecule has 0 bridgehead atoms. The molecule has 0 aliphatic rings. The Morgan fingerprint density at radius 3 is 2.39 bits per heavy atom. The fourth-order valence-corrected chi connectivity index (χ4v) is 4.75. The van der Waals surface area contributed by atoms with Crippen molar-refractivity contribution >= 4 is 21.4 Å². The van der Waals surface area contributed by atoms with E-state index in [1.54, 1.807) is 10.4 Å². The fraction of sp³-hybridized carbons (Fsp3) is 0.667. The van der Waals surface area contributed by atoms with Crippen molar-refractivity contribution in [1.29, 1.82) is 0 Å². The van der Waals surface area contributed by atoms with Gasteiger partial charge in [0.25, 0.3) is 10.0 Å². The summed E-state index contributed by atoms with van der Waals surface area (Å²) in [6.45, 7) is 5.89. The van der Waals surface area contributed by atoms with Crippen LogP contribution in [0.25, 0.3) is 0 Å². The van der Waals surface area contributed by atoms with Crippen molar-refractivity contribution in [2.75, 3.05) is 20.1 Å². The Balaban J connectivity index is 2.94. The largest absolute Gasteiger partial charge is 0.316 e. The minimum atomic E-state index is -3.30. The zero-order valence-corrected chi connectivity index (χ0v) is 12.9. The van der Waals surface area contributed by atoms with Gasteiger partial charge in [-0.05, 0) is 36.9 Å². The maximum absolute atomic E-state index is 12.4.